The summed E-state index contributed by atoms with van der Waals surface area (Å²) in [4.78, 5) is 24.0. The van der Waals surface area contributed by atoms with Gasteiger partial charge in [0.1, 0.15) is 5.56 Å². The summed E-state index contributed by atoms with van der Waals surface area (Å²) in [5, 5.41) is 0. The molecule has 0 N–H and O–H groups in total. The molecule has 2 rings (SSSR count). The van der Waals surface area contributed by atoms with E-state index in [9.17, 15) is 9.59 Å². The van der Waals surface area contributed by atoms with E-state index in [-0.39, 0.29) is 11.4 Å². The molecule has 0 spiro atoms. The molecule has 0 atom stereocenters. The quantitative estimate of drug-likeness (QED) is 0.631. The maximum atomic E-state index is 12.6. The molecule has 0 radical (unpaired) electrons. The molecule has 0 aliphatic rings. The molecule has 5 nitrogen and oxygen atoms in total. The predicted octanol–water partition coefficient (Wildman–Crippen LogP) is 2.30. The van der Waals surface area contributed by atoms with Crippen LogP contribution >= 0.6 is 0 Å². The molecule has 120 valence electrons. The van der Waals surface area contributed by atoms with Crippen LogP contribution in [0.1, 0.15) is 30.5 Å². The molecule has 1 aromatic heterocycles. The molecular weight excluding hydrogens is 292 g/mol. The lowest BCUT2D eigenvalue weighted by molar-refractivity contribution is -0.132. The highest BCUT2D eigenvalue weighted by Gasteiger charge is 2.23. The van der Waals surface area contributed by atoms with Crippen LogP contribution in [-0.4, -0.2) is 15.3 Å². The van der Waals surface area contributed by atoms with Crippen molar-refractivity contribution in [3.8, 4) is 28.8 Å². The topological polar surface area (TPSA) is 53.2 Å². The van der Waals surface area contributed by atoms with Gasteiger partial charge in [-0.1, -0.05) is 5.92 Å². The van der Waals surface area contributed by atoms with E-state index in [0.717, 1.165) is 22.3 Å². The van der Waals surface area contributed by atoms with Gasteiger partial charge in [-0.25, -0.2) is 0 Å². The average Bonchev–Trinajstić information content (AvgIpc) is 2.64. The number of nitrogens with zero attached hydrogens (tertiary/aromatic N) is 2. The minimum Gasteiger partial charge on any atom is -0.407 e. The van der Waals surface area contributed by atoms with Crippen molar-refractivity contribution in [2.24, 2.45) is 14.1 Å². The van der Waals surface area contributed by atoms with E-state index in [1.807, 2.05) is 26.0 Å². The molecule has 1 heterocycles. The highest BCUT2D eigenvalue weighted by atomic mass is 16.5. The number of esters is 1. The Morgan fingerprint density at radius 1 is 1.09 bits per heavy atom. The summed E-state index contributed by atoms with van der Waals surface area (Å²) in [6.07, 6.45) is 0. The number of rotatable bonds is 2. The van der Waals surface area contributed by atoms with Crippen LogP contribution in [0.3, 0.4) is 0 Å². The lowest BCUT2D eigenvalue weighted by Gasteiger charge is -2.11. The van der Waals surface area contributed by atoms with Crippen LogP contribution in [0.15, 0.2) is 16.9 Å². The summed E-state index contributed by atoms with van der Waals surface area (Å²) in [7, 11) is 3.32. The van der Waals surface area contributed by atoms with Crippen molar-refractivity contribution in [3.05, 3.63) is 39.2 Å². The van der Waals surface area contributed by atoms with Crippen LogP contribution in [0.4, 0.5) is 0 Å². The van der Waals surface area contributed by atoms with Gasteiger partial charge in [-0.05, 0) is 49.6 Å². The third-order valence-electron chi connectivity index (χ3n) is 3.76. The zero-order chi connectivity index (χ0) is 17.3. The maximum Gasteiger partial charge on any atom is 0.309 e. The number of benzene rings is 1. The zero-order valence-electron chi connectivity index (χ0n) is 14.3. The first-order valence-electron chi connectivity index (χ1n) is 7.26. The van der Waals surface area contributed by atoms with Crippen molar-refractivity contribution in [2.45, 2.75) is 27.7 Å². The van der Waals surface area contributed by atoms with Gasteiger partial charge in [0.05, 0.1) is 0 Å². The molecule has 1 aromatic carbocycles. The van der Waals surface area contributed by atoms with Gasteiger partial charge in [0, 0.05) is 26.6 Å². The van der Waals surface area contributed by atoms with Gasteiger partial charge in [-0.3, -0.25) is 19.0 Å². The molecule has 5 heteroatoms. The summed E-state index contributed by atoms with van der Waals surface area (Å²) in [6, 6.07) is 3.87. The lowest BCUT2D eigenvalue weighted by Crippen LogP contribution is -2.18. The van der Waals surface area contributed by atoms with E-state index >= 15 is 0 Å². The molecule has 2 aromatic rings. The second-order valence-electron chi connectivity index (χ2n) is 5.49. The van der Waals surface area contributed by atoms with Crippen LogP contribution in [0.2, 0.25) is 0 Å². The molecule has 0 bridgehead atoms. The molecule has 0 fully saturated rings. The third-order valence-corrected chi connectivity index (χ3v) is 3.76. The molecule has 0 saturated heterocycles. The van der Waals surface area contributed by atoms with Crippen LogP contribution in [0.25, 0.3) is 11.1 Å². The van der Waals surface area contributed by atoms with Crippen molar-refractivity contribution in [1.82, 2.24) is 9.36 Å². The fourth-order valence-electron chi connectivity index (χ4n) is 2.73. The number of carbonyl (C=O) groups is 1. The smallest absolute Gasteiger partial charge is 0.309 e. The summed E-state index contributed by atoms with van der Waals surface area (Å²) in [5.41, 5.74) is 3.71. The minimum absolute atomic E-state index is 0.204. The lowest BCUT2D eigenvalue weighted by atomic mass is 9.95. The average molecular weight is 312 g/mol. The number of hydrogen-bond acceptors (Lipinski definition) is 3. The monoisotopic (exact) mass is 312 g/mol. The molecular formula is C18H20N2O3. The van der Waals surface area contributed by atoms with E-state index in [1.54, 1.807) is 21.0 Å². The van der Waals surface area contributed by atoms with Crippen molar-refractivity contribution in [3.63, 3.8) is 0 Å². The molecule has 0 aliphatic heterocycles. The van der Waals surface area contributed by atoms with E-state index in [1.165, 1.54) is 16.3 Å². The van der Waals surface area contributed by atoms with Crippen LogP contribution in [0, 0.1) is 25.7 Å². The Hall–Kier alpha value is -2.74. The van der Waals surface area contributed by atoms with E-state index in [0.29, 0.717) is 5.56 Å². The SMILES string of the molecule is CC#Cc1cc(C)c(-c2c(OC(C)=O)n(C)n(C)c2=O)c(C)c1. The van der Waals surface area contributed by atoms with Crippen LogP contribution in [0.5, 0.6) is 5.88 Å². The first-order valence-corrected chi connectivity index (χ1v) is 7.26. The Morgan fingerprint density at radius 3 is 2.13 bits per heavy atom. The van der Waals surface area contributed by atoms with Crippen molar-refractivity contribution < 1.29 is 9.53 Å². The van der Waals surface area contributed by atoms with Crippen molar-refractivity contribution >= 4 is 5.97 Å². The van der Waals surface area contributed by atoms with E-state index in [2.05, 4.69) is 11.8 Å². The van der Waals surface area contributed by atoms with Gasteiger partial charge in [0.25, 0.3) is 5.56 Å². The molecule has 0 unspecified atom stereocenters. The Balaban J connectivity index is 2.81. The Kier molecular flexibility index (Phi) is 4.46. The number of aromatic nitrogens is 2. The van der Waals surface area contributed by atoms with E-state index < -0.39 is 5.97 Å². The largest absolute Gasteiger partial charge is 0.407 e. The Labute approximate surface area is 135 Å². The summed E-state index contributed by atoms with van der Waals surface area (Å²) in [6.45, 7) is 6.95. The van der Waals surface area contributed by atoms with Crippen LogP contribution in [-0.2, 0) is 18.9 Å². The molecule has 23 heavy (non-hydrogen) atoms. The summed E-state index contributed by atoms with van der Waals surface area (Å²) >= 11 is 0. The van der Waals surface area contributed by atoms with Crippen LogP contribution < -0.4 is 10.3 Å². The molecule has 0 amide bonds. The van der Waals surface area contributed by atoms with Crippen molar-refractivity contribution in [2.75, 3.05) is 0 Å². The fraction of sp³-hybridized carbons (Fsp3) is 0.333. The highest BCUT2D eigenvalue weighted by Crippen LogP contribution is 2.33. The van der Waals surface area contributed by atoms with Gasteiger partial charge in [0.15, 0.2) is 0 Å². The first kappa shape index (κ1) is 16.6. The zero-order valence-corrected chi connectivity index (χ0v) is 14.3. The summed E-state index contributed by atoms with van der Waals surface area (Å²) < 4.78 is 8.26. The summed E-state index contributed by atoms with van der Waals surface area (Å²) in [5.74, 6) is 5.69. The maximum absolute atomic E-state index is 12.6. The second-order valence-corrected chi connectivity index (χ2v) is 5.49. The molecule has 0 saturated carbocycles. The normalized spacial score (nSPS) is 10.2. The number of hydrogen-bond donors (Lipinski definition) is 0. The van der Waals surface area contributed by atoms with Gasteiger partial charge >= 0.3 is 5.97 Å². The van der Waals surface area contributed by atoms with Gasteiger partial charge in [0.2, 0.25) is 5.88 Å². The van der Waals surface area contributed by atoms with E-state index in [4.69, 9.17) is 4.74 Å². The predicted molar refractivity (Wildman–Crippen MR) is 89.4 cm³/mol. The number of carbonyl (C=O) groups excluding carboxylic acids is 1. The first-order chi connectivity index (χ1) is 10.8. The number of ether oxygens (including phenoxy) is 1. The Morgan fingerprint density at radius 2 is 1.65 bits per heavy atom. The number of aryl methyl sites for hydroxylation is 2. The van der Waals surface area contributed by atoms with Crippen molar-refractivity contribution in [1.29, 1.82) is 0 Å². The van der Waals surface area contributed by atoms with Gasteiger partial charge in [-0.2, -0.15) is 0 Å². The minimum atomic E-state index is -0.462. The second kappa shape index (κ2) is 6.17. The fourth-order valence-corrected chi connectivity index (χ4v) is 2.73. The molecule has 0 aliphatic carbocycles. The Bertz CT molecular complexity index is 882. The van der Waals surface area contributed by atoms with Gasteiger partial charge < -0.3 is 4.74 Å². The van der Waals surface area contributed by atoms with Gasteiger partial charge in [-0.15, -0.1) is 5.92 Å². The third kappa shape index (κ3) is 2.93. The highest BCUT2D eigenvalue weighted by molar-refractivity contribution is 5.79. The standard InChI is InChI=1S/C18H20N2O3/c1-7-8-14-9-11(2)15(12(3)10-14)16-17(22)19(5)20(6)18(16)23-13(4)21/h9-10H,1-6H3.